The van der Waals surface area contributed by atoms with E-state index in [4.69, 9.17) is 11.6 Å². The molecule has 1 heterocycles. The molecule has 0 unspecified atom stereocenters. The van der Waals surface area contributed by atoms with E-state index >= 15 is 0 Å². The first-order chi connectivity index (χ1) is 9.50. The second-order valence-corrected chi connectivity index (χ2v) is 5.66. The van der Waals surface area contributed by atoms with E-state index in [2.05, 4.69) is 16.8 Å². The number of halogens is 2. The molecule has 1 aromatic carbocycles. The molecule has 1 atom stereocenters. The van der Waals surface area contributed by atoms with Gasteiger partial charge in [0.05, 0.1) is 5.02 Å². The molecule has 20 heavy (non-hydrogen) atoms. The number of benzene rings is 1. The van der Waals surface area contributed by atoms with E-state index in [-0.39, 0.29) is 22.4 Å². The third-order valence-corrected chi connectivity index (χ3v) is 3.89. The van der Waals surface area contributed by atoms with Crippen LogP contribution in [-0.2, 0) is 0 Å². The van der Waals surface area contributed by atoms with Gasteiger partial charge in [0, 0.05) is 37.8 Å². The van der Waals surface area contributed by atoms with Crippen molar-refractivity contribution in [3.63, 3.8) is 0 Å². The minimum Gasteiger partial charge on any atom is -0.506 e. The summed E-state index contributed by atoms with van der Waals surface area (Å²) in [7, 11) is 0. The van der Waals surface area contributed by atoms with E-state index in [1.54, 1.807) is 0 Å². The lowest BCUT2D eigenvalue weighted by molar-refractivity contribution is 0.166. The van der Waals surface area contributed by atoms with E-state index < -0.39 is 5.82 Å². The molecular formula is C15H20ClFN2O. The summed E-state index contributed by atoms with van der Waals surface area (Å²) in [6.45, 7) is 9.16. The van der Waals surface area contributed by atoms with E-state index in [0.29, 0.717) is 6.42 Å². The van der Waals surface area contributed by atoms with E-state index in [1.807, 2.05) is 6.92 Å². The molecule has 2 rings (SSSR count). The van der Waals surface area contributed by atoms with Crippen molar-refractivity contribution in [3.05, 3.63) is 40.7 Å². The Labute approximate surface area is 124 Å². The number of phenolic OH excluding ortho intramolecular Hbond substituents is 1. The highest BCUT2D eigenvalue weighted by molar-refractivity contribution is 6.32. The maximum absolute atomic E-state index is 14.2. The Morgan fingerprint density at radius 3 is 2.75 bits per heavy atom. The lowest BCUT2D eigenvalue weighted by Crippen LogP contribution is -2.45. The molecule has 3 nitrogen and oxygen atoms in total. The van der Waals surface area contributed by atoms with Crippen molar-refractivity contribution in [1.82, 2.24) is 10.2 Å². The number of rotatable bonds is 4. The number of aromatic hydroxyl groups is 1. The smallest absolute Gasteiger partial charge is 0.141 e. The highest BCUT2D eigenvalue weighted by Gasteiger charge is 2.28. The van der Waals surface area contributed by atoms with Crippen LogP contribution in [0.4, 0.5) is 4.39 Å². The lowest BCUT2D eigenvalue weighted by atomic mass is 9.96. The molecule has 1 aliphatic heterocycles. The monoisotopic (exact) mass is 298 g/mol. The van der Waals surface area contributed by atoms with Crippen molar-refractivity contribution in [1.29, 1.82) is 0 Å². The molecule has 0 aliphatic carbocycles. The summed E-state index contributed by atoms with van der Waals surface area (Å²) in [5.41, 5.74) is 1.23. The third kappa shape index (κ3) is 3.32. The maximum atomic E-state index is 14.2. The van der Waals surface area contributed by atoms with Crippen LogP contribution >= 0.6 is 11.6 Å². The largest absolute Gasteiger partial charge is 0.506 e. The first-order valence-electron chi connectivity index (χ1n) is 6.76. The average molecular weight is 299 g/mol. The minimum absolute atomic E-state index is 0.156. The maximum Gasteiger partial charge on any atom is 0.141 e. The lowest BCUT2D eigenvalue weighted by Gasteiger charge is -2.36. The van der Waals surface area contributed by atoms with Gasteiger partial charge in [-0.05, 0) is 25.5 Å². The van der Waals surface area contributed by atoms with E-state index in [0.717, 1.165) is 31.8 Å². The predicted octanol–water partition coefficient (Wildman–Crippen LogP) is 3.10. The molecule has 0 spiro atoms. The van der Waals surface area contributed by atoms with Crippen LogP contribution in [0.5, 0.6) is 5.75 Å². The number of nitrogens with zero attached hydrogens (tertiary/aromatic N) is 1. The molecule has 0 amide bonds. The first-order valence-corrected chi connectivity index (χ1v) is 7.14. The van der Waals surface area contributed by atoms with Crippen molar-refractivity contribution < 1.29 is 9.50 Å². The van der Waals surface area contributed by atoms with E-state index in [1.165, 1.54) is 12.1 Å². The molecule has 1 fully saturated rings. The Morgan fingerprint density at radius 1 is 1.50 bits per heavy atom. The predicted molar refractivity (Wildman–Crippen MR) is 79.7 cm³/mol. The van der Waals surface area contributed by atoms with Gasteiger partial charge in [-0.25, -0.2) is 4.39 Å². The summed E-state index contributed by atoms with van der Waals surface area (Å²) in [5.74, 6) is -0.576. The Kier molecular flexibility index (Phi) is 5.02. The summed E-state index contributed by atoms with van der Waals surface area (Å²) in [5, 5.41) is 13.6. The zero-order valence-corrected chi connectivity index (χ0v) is 12.4. The third-order valence-electron chi connectivity index (χ3n) is 3.58. The standard InChI is InChI=1S/C15H20ClFN2O/c1-10(2)9-13(19-7-5-18-6-8-19)14-12(17)4-3-11(16)15(14)20/h3-4,13,18,20H,1,5-9H2,2H3/t13-/m1/s1. The summed E-state index contributed by atoms with van der Waals surface area (Å²) >= 11 is 5.94. The molecular weight excluding hydrogens is 279 g/mol. The van der Waals surface area contributed by atoms with Crippen molar-refractivity contribution in [3.8, 4) is 5.75 Å². The molecule has 0 radical (unpaired) electrons. The van der Waals surface area contributed by atoms with Crippen LogP contribution in [-0.4, -0.2) is 36.2 Å². The van der Waals surface area contributed by atoms with Gasteiger partial charge in [-0.1, -0.05) is 17.2 Å². The molecule has 1 aliphatic rings. The molecule has 0 saturated carbocycles. The van der Waals surface area contributed by atoms with Crippen LogP contribution < -0.4 is 5.32 Å². The van der Waals surface area contributed by atoms with Gasteiger partial charge < -0.3 is 10.4 Å². The summed E-state index contributed by atoms with van der Waals surface area (Å²) in [6.07, 6.45) is 0.602. The number of hydrogen-bond acceptors (Lipinski definition) is 3. The Hall–Kier alpha value is -1.10. The van der Waals surface area contributed by atoms with Gasteiger partial charge in [0.2, 0.25) is 0 Å². The van der Waals surface area contributed by atoms with Gasteiger partial charge in [-0.3, -0.25) is 4.90 Å². The fourth-order valence-electron chi connectivity index (χ4n) is 2.61. The summed E-state index contributed by atoms with van der Waals surface area (Å²) in [4.78, 5) is 2.17. The fraction of sp³-hybridized carbons (Fsp3) is 0.467. The van der Waals surface area contributed by atoms with Crippen LogP contribution in [0.2, 0.25) is 5.02 Å². The highest BCUT2D eigenvalue weighted by atomic mass is 35.5. The van der Waals surface area contributed by atoms with Crippen LogP contribution in [0.1, 0.15) is 24.9 Å². The van der Waals surface area contributed by atoms with Gasteiger partial charge in [0.1, 0.15) is 11.6 Å². The number of piperazine rings is 1. The Morgan fingerprint density at radius 2 is 2.15 bits per heavy atom. The fourth-order valence-corrected chi connectivity index (χ4v) is 2.78. The topological polar surface area (TPSA) is 35.5 Å². The molecule has 110 valence electrons. The molecule has 5 heteroatoms. The Bertz CT molecular complexity index is 501. The molecule has 0 aromatic heterocycles. The summed E-state index contributed by atoms with van der Waals surface area (Å²) < 4.78 is 14.2. The van der Waals surface area contributed by atoms with Crippen molar-refractivity contribution in [2.24, 2.45) is 0 Å². The van der Waals surface area contributed by atoms with Crippen molar-refractivity contribution >= 4 is 11.6 Å². The average Bonchev–Trinajstić information content (AvgIpc) is 2.43. The molecule has 0 bridgehead atoms. The van der Waals surface area contributed by atoms with Crippen LogP contribution in [0.3, 0.4) is 0 Å². The van der Waals surface area contributed by atoms with Crippen molar-refractivity contribution in [2.75, 3.05) is 26.2 Å². The molecule has 1 aromatic rings. The van der Waals surface area contributed by atoms with Gasteiger partial charge in [0.15, 0.2) is 0 Å². The highest BCUT2D eigenvalue weighted by Crippen LogP contribution is 2.39. The zero-order valence-electron chi connectivity index (χ0n) is 11.6. The number of nitrogens with one attached hydrogen (secondary N) is 1. The second-order valence-electron chi connectivity index (χ2n) is 5.25. The molecule has 2 N–H and O–H groups in total. The van der Waals surface area contributed by atoms with Gasteiger partial charge in [-0.15, -0.1) is 6.58 Å². The van der Waals surface area contributed by atoms with Crippen LogP contribution in [0, 0.1) is 5.82 Å². The van der Waals surface area contributed by atoms with Gasteiger partial charge in [0.25, 0.3) is 0 Å². The van der Waals surface area contributed by atoms with Gasteiger partial charge >= 0.3 is 0 Å². The first kappa shape index (κ1) is 15.3. The Balaban J connectivity index is 2.40. The van der Waals surface area contributed by atoms with E-state index in [9.17, 15) is 9.50 Å². The normalized spacial score (nSPS) is 17.9. The minimum atomic E-state index is -0.420. The zero-order chi connectivity index (χ0) is 14.7. The number of phenols is 1. The van der Waals surface area contributed by atoms with Crippen LogP contribution in [0.15, 0.2) is 24.3 Å². The quantitative estimate of drug-likeness (QED) is 0.839. The number of hydrogen-bond donors (Lipinski definition) is 2. The summed E-state index contributed by atoms with van der Waals surface area (Å²) in [6, 6.07) is 2.46. The molecule has 1 saturated heterocycles. The van der Waals surface area contributed by atoms with Crippen molar-refractivity contribution in [2.45, 2.75) is 19.4 Å². The van der Waals surface area contributed by atoms with Crippen LogP contribution in [0.25, 0.3) is 0 Å². The second kappa shape index (κ2) is 6.57. The van der Waals surface area contributed by atoms with Gasteiger partial charge in [-0.2, -0.15) is 0 Å². The SMILES string of the molecule is C=C(C)C[C@H](c1c(F)ccc(Cl)c1O)N1CCNCC1.